The molecule has 0 aromatic carbocycles. The first-order valence-corrected chi connectivity index (χ1v) is 14.0. The number of amides is 1. The zero-order chi connectivity index (χ0) is 27.9. The summed E-state index contributed by atoms with van der Waals surface area (Å²) < 4.78 is 46.9. The van der Waals surface area contributed by atoms with E-state index < -0.39 is 29.7 Å². The summed E-state index contributed by atoms with van der Waals surface area (Å²) in [6.07, 6.45) is -2.44. The molecule has 5 rings (SSSR count). The van der Waals surface area contributed by atoms with Crippen LogP contribution in [0.4, 0.5) is 23.8 Å². The highest BCUT2D eigenvalue weighted by molar-refractivity contribution is 7.18. The van der Waals surface area contributed by atoms with Gasteiger partial charge in [-0.1, -0.05) is 13.3 Å². The molecule has 14 heteroatoms. The van der Waals surface area contributed by atoms with Gasteiger partial charge in [0.25, 0.3) is 0 Å². The van der Waals surface area contributed by atoms with Crippen LogP contribution >= 0.6 is 11.3 Å². The molecule has 212 valence electrons. The third-order valence-corrected chi connectivity index (χ3v) is 7.85. The Hall–Kier alpha value is -3.00. The third kappa shape index (κ3) is 5.96. The SMILES string of the molecule is CCCc1cc2c(N3CCn4c(nnc4C(F)(F)F)C3)nc([C@H](NC(=O)OC(C)(C)C)C3CCNC3)nc2s1. The number of hydrogen-bond acceptors (Lipinski definition) is 9. The maximum atomic E-state index is 13.4. The van der Waals surface area contributed by atoms with Crippen LogP contribution in [0, 0.1) is 5.92 Å². The van der Waals surface area contributed by atoms with Crippen molar-refractivity contribution in [3.63, 3.8) is 0 Å². The number of rotatable bonds is 6. The van der Waals surface area contributed by atoms with Gasteiger partial charge >= 0.3 is 12.3 Å². The molecule has 0 aliphatic carbocycles. The summed E-state index contributed by atoms with van der Waals surface area (Å²) in [6.45, 7) is 9.53. The summed E-state index contributed by atoms with van der Waals surface area (Å²) in [7, 11) is 0. The molecule has 2 atom stereocenters. The van der Waals surface area contributed by atoms with Gasteiger partial charge in [-0.3, -0.25) is 0 Å². The third-order valence-electron chi connectivity index (χ3n) is 6.76. The van der Waals surface area contributed by atoms with E-state index in [2.05, 4.69) is 33.8 Å². The number of hydrogen-bond donors (Lipinski definition) is 2. The van der Waals surface area contributed by atoms with E-state index in [0.717, 1.165) is 45.5 Å². The van der Waals surface area contributed by atoms with Gasteiger partial charge < -0.3 is 24.8 Å². The van der Waals surface area contributed by atoms with E-state index in [0.29, 0.717) is 24.7 Å². The normalized spacial score (nSPS) is 18.8. The minimum absolute atomic E-state index is 0.0525. The van der Waals surface area contributed by atoms with E-state index in [1.165, 1.54) is 0 Å². The average molecular weight is 567 g/mol. The summed E-state index contributed by atoms with van der Waals surface area (Å²) in [5.74, 6) is 0.385. The van der Waals surface area contributed by atoms with Gasteiger partial charge in [-0.2, -0.15) is 13.2 Å². The molecule has 0 radical (unpaired) electrons. The van der Waals surface area contributed by atoms with Crippen molar-refractivity contribution in [2.75, 3.05) is 24.5 Å². The van der Waals surface area contributed by atoms with Crippen LogP contribution in [0.2, 0.25) is 0 Å². The molecule has 39 heavy (non-hydrogen) atoms. The molecule has 1 unspecified atom stereocenters. The summed E-state index contributed by atoms with van der Waals surface area (Å²) in [6, 6.07) is 1.57. The zero-order valence-electron chi connectivity index (χ0n) is 22.4. The minimum atomic E-state index is -4.57. The first kappa shape index (κ1) is 27.6. The molecule has 10 nitrogen and oxygen atoms in total. The molecule has 0 bridgehead atoms. The Morgan fingerprint density at radius 1 is 1.26 bits per heavy atom. The van der Waals surface area contributed by atoms with Crippen molar-refractivity contribution in [3.8, 4) is 0 Å². The van der Waals surface area contributed by atoms with E-state index in [4.69, 9.17) is 14.7 Å². The Balaban J connectivity index is 1.54. The number of aromatic nitrogens is 5. The number of ether oxygens (including phenoxy) is 1. The number of halogens is 3. The molecule has 1 fully saturated rings. The highest BCUT2D eigenvalue weighted by Gasteiger charge is 2.40. The number of anilines is 1. The van der Waals surface area contributed by atoms with Crippen molar-refractivity contribution >= 4 is 33.5 Å². The predicted octanol–water partition coefficient (Wildman–Crippen LogP) is 4.45. The molecule has 2 aliphatic rings. The summed E-state index contributed by atoms with van der Waals surface area (Å²) in [5, 5.41) is 14.4. The number of aryl methyl sites for hydroxylation is 1. The maximum Gasteiger partial charge on any atom is 0.451 e. The van der Waals surface area contributed by atoms with E-state index >= 15 is 0 Å². The standard InChI is InChI=1S/C25H33F3N8O2S/c1-5-6-15-11-16-20(35-9-10-36-17(13-35)33-34-22(36)25(26,27)28)31-19(32-21(16)39-15)18(14-7-8-29-12-14)30-23(37)38-24(2,3)4/h11,14,18,29H,5-10,12-13H2,1-4H3,(H,30,37)/t14?,18-/m1/s1. The second-order valence-electron chi connectivity index (χ2n) is 11.0. The Labute approximate surface area is 228 Å². The fourth-order valence-electron chi connectivity index (χ4n) is 5.06. The van der Waals surface area contributed by atoms with Gasteiger partial charge in [0, 0.05) is 30.4 Å². The number of nitrogens with one attached hydrogen (secondary N) is 2. The largest absolute Gasteiger partial charge is 0.451 e. The van der Waals surface area contributed by atoms with Crippen molar-refractivity contribution in [3.05, 3.63) is 28.4 Å². The number of nitrogens with zero attached hydrogens (tertiary/aromatic N) is 6. The van der Waals surface area contributed by atoms with Crippen LogP contribution in [0.25, 0.3) is 10.2 Å². The van der Waals surface area contributed by atoms with Crippen LogP contribution in [0.3, 0.4) is 0 Å². The Bertz CT molecular complexity index is 1340. The van der Waals surface area contributed by atoms with Crippen LogP contribution in [0.15, 0.2) is 6.07 Å². The van der Waals surface area contributed by atoms with Gasteiger partial charge in [0.1, 0.15) is 16.2 Å². The number of alkyl carbamates (subject to hydrolysis) is 1. The fraction of sp³-hybridized carbons (Fsp3) is 0.640. The minimum Gasteiger partial charge on any atom is -0.444 e. The quantitative estimate of drug-likeness (QED) is 0.451. The molecule has 1 saturated heterocycles. The van der Waals surface area contributed by atoms with Crippen LogP contribution in [-0.4, -0.2) is 56.1 Å². The summed E-state index contributed by atoms with van der Waals surface area (Å²) in [4.78, 5) is 26.6. The maximum absolute atomic E-state index is 13.4. The number of alkyl halides is 3. The highest BCUT2D eigenvalue weighted by Crippen LogP contribution is 2.37. The van der Waals surface area contributed by atoms with Gasteiger partial charge in [-0.25, -0.2) is 14.8 Å². The molecule has 2 N–H and O–H groups in total. The Kier molecular flexibility index (Phi) is 7.44. The van der Waals surface area contributed by atoms with E-state index in [-0.39, 0.29) is 24.8 Å². The molecule has 3 aromatic heterocycles. The van der Waals surface area contributed by atoms with E-state index in [1.54, 1.807) is 32.1 Å². The van der Waals surface area contributed by atoms with Crippen molar-refractivity contribution in [2.45, 2.75) is 77.9 Å². The molecule has 3 aromatic rings. The Morgan fingerprint density at radius 3 is 2.72 bits per heavy atom. The molecular formula is C25H33F3N8O2S. The van der Waals surface area contributed by atoms with Crippen molar-refractivity contribution in [1.29, 1.82) is 0 Å². The molecule has 5 heterocycles. The van der Waals surface area contributed by atoms with Crippen molar-refractivity contribution < 1.29 is 22.7 Å². The van der Waals surface area contributed by atoms with Gasteiger partial charge in [-0.15, -0.1) is 21.5 Å². The van der Waals surface area contributed by atoms with Crippen LogP contribution < -0.4 is 15.5 Å². The smallest absolute Gasteiger partial charge is 0.444 e. The van der Waals surface area contributed by atoms with E-state index in [1.807, 2.05) is 4.90 Å². The number of fused-ring (bicyclic) bond motifs is 2. The lowest BCUT2D eigenvalue weighted by Crippen LogP contribution is -2.40. The van der Waals surface area contributed by atoms with Crippen molar-refractivity contribution in [1.82, 2.24) is 35.4 Å². The lowest BCUT2D eigenvalue weighted by Gasteiger charge is -2.31. The van der Waals surface area contributed by atoms with Gasteiger partial charge in [0.15, 0.2) is 11.6 Å². The number of carbonyl (C=O) groups is 1. The zero-order valence-corrected chi connectivity index (χ0v) is 23.2. The molecule has 0 saturated carbocycles. The Morgan fingerprint density at radius 2 is 2.05 bits per heavy atom. The lowest BCUT2D eigenvalue weighted by molar-refractivity contribution is -0.147. The van der Waals surface area contributed by atoms with Crippen LogP contribution in [-0.2, 0) is 30.4 Å². The molecule has 1 amide bonds. The van der Waals surface area contributed by atoms with Gasteiger partial charge in [0.2, 0.25) is 5.82 Å². The topological polar surface area (TPSA) is 110 Å². The van der Waals surface area contributed by atoms with Gasteiger partial charge in [-0.05, 0) is 46.2 Å². The highest BCUT2D eigenvalue weighted by atomic mass is 32.1. The second-order valence-corrected chi connectivity index (χ2v) is 12.1. The monoisotopic (exact) mass is 566 g/mol. The molecule has 2 aliphatic heterocycles. The first-order valence-electron chi connectivity index (χ1n) is 13.2. The van der Waals surface area contributed by atoms with Crippen LogP contribution in [0.1, 0.15) is 68.9 Å². The second kappa shape index (κ2) is 10.5. The molecule has 0 spiro atoms. The fourth-order valence-corrected chi connectivity index (χ4v) is 6.19. The first-order chi connectivity index (χ1) is 18.4. The van der Waals surface area contributed by atoms with E-state index in [9.17, 15) is 18.0 Å². The predicted molar refractivity (Wildman–Crippen MR) is 141 cm³/mol. The van der Waals surface area contributed by atoms with Crippen LogP contribution in [0.5, 0.6) is 0 Å². The lowest BCUT2D eigenvalue weighted by atomic mass is 9.98. The summed E-state index contributed by atoms with van der Waals surface area (Å²) >= 11 is 1.58. The summed E-state index contributed by atoms with van der Waals surface area (Å²) in [5.41, 5.74) is -0.666. The molecular weight excluding hydrogens is 533 g/mol. The average Bonchev–Trinajstić information content (AvgIpc) is 3.59. The van der Waals surface area contributed by atoms with Crippen molar-refractivity contribution in [2.24, 2.45) is 5.92 Å². The van der Waals surface area contributed by atoms with Gasteiger partial charge in [0.05, 0.1) is 18.0 Å². The number of carbonyl (C=O) groups excluding carboxylic acids is 1. The number of thiophene rings is 1.